The molecule has 0 aliphatic heterocycles. The van der Waals surface area contributed by atoms with E-state index in [0.717, 1.165) is 62.8 Å². The van der Waals surface area contributed by atoms with Crippen molar-refractivity contribution in [3.8, 4) is 5.88 Å². The molecule has 1 aromatic rings. The molecule has 0 saturated heterocycles. The Hall–Kier alpha value is -1.82. The molecule has 1 saturated carbocycles. The lowest BCUT2D eigenvalue weighted by Gasteiger charge is -2.14. The number of nitrogens with one attached hydrogen (secondary N) is 2. The average Bonchev–Trinajstić information content (AvgIpc) is 3.17. The quantitative estimate of drug-likeness (QED) is 0.359. The molecule has 0 atom stereocenters. The molecule has 1 aliphatic rings. The first-order valence-electron chi connectivity index (χ1n) is 9.95. The molecular weight excluding hydrogens is 328 g/mol. The summed E-state index contributed by atoms with van der Waals surface area (Å²) < 4.78 is 11.5. The van der Waals surface area contributed by atoms with Gasteiger partial charge in [-0.25, -0.2) is 4.98 Å². The van der Waals surface area contributed by atoms with Crippen molar-refractivity contribution in [2.45, 2.75) is 64.5 Å². The third-order valence-electron chi connectivity index (χ3n) is 4.47. The fourth-order valence-electron chi connectivity index (χ4n) is 2.94. The number of aromatic nitrogens is 1. The number of hydrogen-bond donors (Lipinski definition) is 2. The zero-order chi connectivity index (χ0) is 18.5. The number of ether oxygens (including phenoxy) is 2. The number of rotatable bonds is 11. The first kappa shape index (κ1) is 20.5. The van der Waals surface area contributed by atoms with Gasteiger partial charge < -0.3 is 20.1 Å². The zero-order valence-corrected chi connectivity index (χ0v) is 16.3. The smallest absolute Gasteiger partial charge is 0.213 e. The van der Waals surface area contributed by atoms with Crippen molar-refractivity contribution in [3.05, 3.63) is 23.9 Å². The molecule has 2 rings (SSSR count). The Morgan fingerprint density at radius 2 is 2.04 bits per heavy atom. The van der Waals surface area contributed by atoms with Gasteiger partial charge in [-0.2, -0.15) is 0 Å². The molecule has 0 aromatic carbocycles. The molecule has 0 unspecified atom stereocenters. The molecule has 0 spiro atoms. The Morgan fingerprint density at radius 3 is 2.81 bits per heavy atom. The Kier molecular flexibility index (Phi) is 9.87. The summed E-state index contributed by atoms with van der Waals surface area (Å²) in [5, 5.41) is 6.65. The van der Waals surface area contributed by atoms with E-state index in [2.05, 4.69) is 27.5 Å². The molecule has 1 fully saturated rings. The second-order valence-electron chi connectivity index (χ2n) is 6.70. The van der Waals surface area contributed by atoms with E-state index in [1.54, 1.807) is 7.05 Å². The van der Waals surface area contributed by atoms with Gasteiger partial charge in [-0.3, -0.25) is 4.99 Å². The first-order chi connectivity index (χ1) is 12.8. The minimum Gasteiger partial charge on any atom is -0.474 e. The number of aliphatic imine (C=N–C) groups is 1. The molecule has 26 heavy (non-hydrogen) atoms. The summed E-state index contributed by atoms with van der Waals surface area (Å²) >= 11 is 0. The Labute approximate surface area is 157 Å². The van der Waals surface area contributed by atoms with Crippen LogP contribution in [0.3, 0.4) is 0 Å². The van der Waals surface area contributed by atoms with Crippen LogP contribution in [0, 0.1) is 0 Å². The van der Waals surface area contributed by atoms with E-state index in [9.17, 15) is 0 Å². The lowest BCUT2D eigenvalue weighted by Crippen LogP contribution is -2.37. The molecule has 0 amide bonds. The van der Waals surface area contributed by atoms with E-state index in [1.165, 1.54) is 19.3 Å². The monoisotopic (exact) mass is 362 g/mol. The first-order valence-corrected chi connectivity index (χ1v) is 9.95. The van der Waals surface area contributed by atoms with Gasteiger partial charge in [0.2, 0.25) is 5.88 Å². The van der Waals surface area contributed by atoms with Gasteiger partial charge in [0.25, 0.3) is 0 Å². The Bertz CT molecular complexity index is 530. The minimum absolute atomic E-state index is 0.333. The number of unbranched alkanes of at least 4 members (excludes halogenated alkanes) is 1. The van der Waals surface area contributed by atoms with Crippen LogP contribution >= 0.6 is 0 Å². The lowest BCUT2D eigenvalue weighted by atomic mass is 10.2. The normalized spacial score (nSPS) is 15.2. The largest absolute Gasteiger partial charge is 0.474 e. The molecule has 146 valence electrons. The van der Waals surface area contributed by atoms with E-state index in [4.69, 9.17) is 9.47 Å². The number of pyridine rings is 1. The summed E-state index contributed by atoms with van der Waals surface area (Å²) in [4.78, 5) is 8.59. The standard InChI is InChI=1S/C20H34N4O2/c1-3-4-13-25-14-7-11-23-20(21-2)24-16-17-10-12-22-19(15-17)26-18-8-5-6-9-18/h10,12,15,18H,3-9,11,13-14,16H2,1-2H3,(H2,21,23,24). The van der Waals surface area contributed by atoms with Crippen molar-refractivity contribution < 1.29 is 9.47 Å². The lowest BCUT2D eigenvalue weighted by molar-refractivity contribution is 0.129. The SMILES string of the molecule is CCCCOCCCNC(=NC)NCc1ccnc(OC2CCCC2)c1. The third-order valence-corrected chi connectivity index (χ3v) is 4.47. The summed E-state index contributed by atoms with van der Waals surface area (Å²) in [6.07, 6.45) is 10.2. The minimum atomic E-state index is 0.333. The second kappa shape index (κ2) is 12.5. The van der Waals surface area contributed by atoms with E-state index >= 15 is 0 Å². The predicted molar refractivity (Wildman–Crippen MR) is 106 cm³/mol. The number of hydrogen-bond acceptors (Lipinski definition) is 4. The topological polar surface area (TPSA) is 67.8 Å². The highest BCUT2D eigenvalue weighted by atomic mass is 16.5. The summed E-state index contributed by atoms with van der Waals surface area (Å²) in [5.74, 6) is 1.53. The van der Waals surface area contributed by atoms with Gasteiger partial charge >= 0.3 is 0 Å². The van der Waals surface area contributed by atoms with E-state index < -0.39 is 0 Å². The molecular formula is C20H34N4O2. The number of guanidine groups is 1. The second-order valence-corrected chi connectivity index (χ2v) is 6.70. The Balaban J connectivity index is 1.65. The summed E-state index contributed by atoms with van der Waals surface area (Å²) in [6.45, 7) is 5.36. The summed E-state index contributed by atoms with van der Waals surface area (Å²) in [5.41, 5.74) is 1.14. The van der Waals surface area contributed by atoms with Crippen molar-refractivity contribution in [2.24, 2.45) is 4.99 Å². The van der Waals surface area contributed by atoms with Gasteiger partial charge in [0.1, 0.15) is 6.10 Å². The fraction of sp³-hybridized carbons (Fsp3) is 0.700. The van der Waals surface area contributed by atoms with Crippen molar-refractivity contribution in [1.29, 1.82) is 0 Å². The van der Waals surface area contributed by atoms with Crippen LogP contribution in [0.1, 0.15) is 57.4 Å². The highest BCUT2D eigenvalue weighted by Crippen LogP contribution is 2.23. The van der Waals surface area contributed by atoms with Crippen molar-refractivity contribution in [3.63, 3.8) is 0 Å². The number of nitrogens with zero attached hydrogens (tertiary/aromatic N) is 2. The van der Waals surface area contributed by atoms with Gasteiger partial charge in [0.05, 0.1) is 0 Å². The van der Waals surface area contributed by atoms with Crippen LogP contribution in [0.5, 0.6) is 5.88 Å². The molecule has 0 bridgehead atoms. The third kappa shape index (κ3) is 8.04. The molecule has 6 heteroatoms. The van der Waals surface area contributed by atoms with Crippen LogP contribution < -0.4 is 15.4 Å². The molecule has 0 radical (unpaired) electrons. The van der Waals surface area contributed by atoms with E-state index in [-0.39, 0.29) is 0 Å². The molecule has 6 nitrogen and oxygen atoms in total. The van der Waals surface area contributed by atoms with Crippen LogP contribution in [0.15, 0.2) is 23.3 Å². The predicted octanol–water partition coefficient (Wildman–Crippen LogP) is 3.27. The van der Waals surface area contributed by atoms with Crippen LogP contribution in [0.25, 0.3) is 0 Å². The van der Waals surface area contributed by atoms with Crippen molar-refractivity contribution >= 4 is 5.96 Å². The van der Waals surface area contributed by atoms with Crippen LogP contribution in [0.4, 0.5) is 0 Å². The summed E-state index contributed by atoms with van der Waals surface area (Å²) in [6, 6.07) is 4.02. The fourth-order valence-corrected chi connectivity index (χ4v) is 2.94. The van der Waals surface area contributed by atoms with Gasteiger partial charge in [0.15, 0.2) is 5.96 Å². The van der Waals surface area contributed by atoms with Gasteiger partial charge in [-0.05, 0) is 50.2 Å². The van der Waals surface area contributed by atoms with Crippen molar-refractivity contribution in [2.75, 3.05) is 26.8 Å². The van der Waals surface area contributed by atoms with Gasteiger partial charge in [-0.15, -0.1) is 0 Å². The summed E-state index contributed by atoms with van der Waals surface area (Å²) in [7, 11) is 1.79. The zero-order valence-electron chi connectivity index (χ0n) is 16.3. The van der Waals surface area contributed by atoms with Crippen molar-refractivity contribution in [1.82, 2.24) is 15.6 Å². The maximum Gasteiger partial charge on any atom is 0.213 e. The highest BCUT2D eigenvalue weighted by Gasteiger charge is 2.17. The van der Waals surface area contributed by atoms with E-state index in [1.807, 2.05) is 18.3 Å². The molecule has 1 aromatic heterocycles. The van der Waals surface area contributed by atoms with Crippen LogP contribution in [-0.2, 0) is 11.3 Å². The Morgan fingerprint density at radius 1 is 1.23 bits per heavy atom. The highest BCUT2D eigenvalue weighted by molar-refractivity contribution is 5.79. The van der Waals surface area contributed by atoms with Gasteiger partial charge in [0, 0.05) is 45.6 Å². The van der Waals surface area contributed by atoms with Crippen LogP contribution in [-0.4, -0.2) is 43.9 Å². The van der Waals surface area contributed by atoms with Crippen LogP contribution in [0.2, 0.25) is 0 Å². The average molecular weight is 363 g/mol. The molecule has 2 N–H and O–H groups in total. The maximum absolute atomic E-state index is 5.97. The van der Waals surface area contributed by atoms with Gasteiger partial charge in [-0.1, -0.05) is 13.3 Å². The van der Waals surface area contributed by atoms with E-state index in [0.29, 0.717) is 12.6 Å². The molecule has 1 aliphatic carbocycles. The molecule has 1 heterocycles. The maximum atomic E-state index is 5.97.